The fourth-order valence-electron chi connectivity index (χ4n) is 2.66. The first-order chi connectivity index (χ1) is 11.6. The van der Waals surface area contributed by atoms with Crippen LogP contribution in [0.2, 0.25) is 0 Å². The van der Waals surface area contributed by atoms with Crippen LogP contribution in [0.4, 0.5) is 0 Å². The molecule has 0 bridgehead atoms. The number of ether oxygens (including phenoxy) is 2. The number of rotatable bonds is 6. The van der Waals surface area contributed by atoms with E-state index in [1.54, 1.807) is 31.2 Å². The van der Waals surface area contributed by atoms with Gasteiger partial charge in [0.15, 0.2) is 0 Å². The Morgan fingerprint density at radius 3 is 2.46 bits per heavy atom. The maximum Gasteiger partial charge on any atom is 0.338 e. The molecule has 6 nitrogen and oxygen atoms in total. The van der Waals surface area contributed by atoms with Gasteiger partial charge in [0.1, 0.15) is 0 Å². The highest BCUT2D eigenvalue weighted by molar-refractivity contribution is 5.89. The molecule has 1 aliphatic rings. The van der Waals surface area contributed by atoms with Gasteiger partial charge in [-0.1, -0.05) is 0 Å². The van der Waals surface area contributed by atoms with Crippen LogP contribution < -0.4 is 0 Å². The summed E-state index contributed by atoms with van der Waals surface area (Å²) in [6.07, 6.45) is 1.78. The van der Waals surface area contributed by atoms with Crippen molar-refractivity contribution >= 4 is 11.9 Å². The van der Waals surface area contributed by atoms with Crippen molar-refractivity contribution in [2.75, 3.05) is 32.8 Å². The summed E-state index contributed by atoms with van der Waals surface area (Å²) in [6.45, 7) is 4.51. The van der Waals surface area contributed by atoms with E-state index in [0.29, 0.717) is 36.8 Å². The lowest BCUT2D eigenvalue weighted by atomic mass is 9.98. The number of nitriles is 1. The Morgan fingerprint density at radius 2 is 1.88 bits per heavy atom. The summed E-state index contributed by atoms with van der Waals surface area (Å²) in [7, 11) is 0. The quantitative estimate of drug-likeness (QED) is 0.742. The van der Waals surface area contributed by atoms with Crippen LogP contribution >= 0.6 is 0 Å². The molecule has 1 aromatic carbocycles. The number of carbonyl (C=O) groups is 2. The number of benzene rings is 1. The zero-order chi connectivity index (χ0) is 17.4. The molecule has 0 aliphatic carbocycles. The molecular formula is C18H22N2O4. The number of hydrogen-bond acceptors (Lipinski definition) is 6. The molecule has 0 amide bonds. The van der Waals surface area contributed by atoms with Crippen LogP contribution in [-0.4, -0.2) is 49.7 Å². The average molecular weight is 330 g/mol. The Morgan fingerprint density at radius 1 is 1.21 bits per heavy atom. The minimum atomic E-state index is -0.367. The molecule has 24 heavy (non-hydrogen) atoms. The third-order valence-electron chi connectivity index (χ3n) is 4.07. The number of nitrogens with zero attached hydrogens (tertiary/aromatic N) is 2. The van der Waals surface area contributed by atoms with Crippen molar-refractivity contribution in [1.29, 1.82) is 5.26 Å². The molecule has 2 rings (SSSR count). The fourth-order valence-corrected chi connectivity index (χ4v) is 2.66. The summed E-state index contributed by atoms with van der Waals surface area (Å²) in [4.78, 5) is 25.5. The van der Waals surface area contributed by atoms with Gasteiger partial charge in [-0.05, 0) is 63.0 Å². The first-order valence-corrected chi connectivity index (χ1v) is 8.17. The smallest absolute Gasteiger partial charge is 0.338 e. The van der Waals surface area contributed by atoms with Gasteiger partial charge in [-0.25, -0.2) is 4.79 Å². The lowest BCUT2D eigenvalue weighted by Crippen LogP contribution is -2.39. The fraction of sp³-hybridized carbons (Fsp3) is 0.500. The van der Waals surface area contributed by atoms with Crippen molar-refractivity contribution in [3.63, 3.8) is 0 Å². The SMILES string of the molecule is CCOC(=O)CN1CCC(COC(=O)c2ccc(C#N)cc2)CC1. The van der Waals surface area contributed by atoms with Gasteiger partial charge in [0.05, 0.1) is 37.0 Å². The lowest BCUT2D eigenvalue weighted by molar-refractivity contribution is -0.144. The molecule has 0 N–H and O–H groups in total. The third kappa shape index (κ3) is 5.36. The monoisotopic (exact) mass is 330 g/mol. The molecule has 0 spiro atoms. The van der Waals surface area contributed by atoms with Crippen LogP contribution in [-0.2, 0) is 14.3 Å². The van der Waals surface area contributed by atoms with Gasteiger partial charge >= 0.3 is 11.9 Å². The molecule has 1 fully saturated rings. The Balaban J connectivity index is 1.71. The van der Waals surface area contributed by atoms with E-state index >= 15 is 0 Å². The zero-order valence-electron chi connectivity index (χ0n) is 13.9. The van der Waals surface area contributed by atoms with E-state index in [1.165, 1.54) is 0 Å². The van der Waals surface area contributed by atoms with Gasteiger partial charge in [-0.2, -0.15) is 5.26 Å². The Hall–Kier alpha value is -2.39. The highest BCUT2D eigenvalue weighted by Crippen LogP contribution is 2.18. The highest BCUT2D eigenvalue weighted by Gasteiger charge is 2.22. The maximum atomic E-state index is 12.0. The maximum absolute atomic E-state index is 12.0. The molecule has 1 heterocycles. The van der Waals surface area contributed by atoms with Gasteiger partial charge in [0.25, 0.3) is 0 Å². The van der Waals surface area contributed by atoms with Crippen molar-refractivity contribution < 1.29 is 19.1 Å². The van der Waals surface area contributed by atoms with Crippen molar-refractivity contribution in [3.05, 3.63) is 35.4 Å². The van der Waals surface area contributed by atoms with E-state index in [4.69, 9.17) is 14.7 Å². The third-order valence-corrected chi connectivity index (χ3v) is 4.07. The molecule has 0 saturated carbocycles. The summed E-state index contributed by atoms with van der Waals surface area (Å²) in [5, 5.41) is 8.75. The highest BCUT2D eigenvalue weighted by atomic mass is 16.5. The molecular weight excluding hydrogens is 308 g/mol. The number of piperidine rings is 1. The van der Waals surface area contributed by atoms with Crippen molar-refractivity contribution in [3.8, 4) is 6.07 Å². The van der Waals surface area contributed by atoms with Crippen LogP contribution in [0.25, 0.3) is 0 Å². The predicted octanol–water partition coefficient (Wildman–Crippen LogP) is 1.99. The molecule has 1 aliphatic heterocycles. The van der Waals surface area contributed by atoms with Crippen LogP contribution in [0, 0.1) is 17.2 Å². The van der Waals surface area contributed by atoms with Crippen molar-refractivity contribution in [2.24, 2.45) is 5.92 Å². The molecule has 1 saturated heterocycles. The first kappa shape index (κ1) is 18.0. The van der Waals surface area contributed by atoms with E-state index in [0.717, 1.165) is 25.9 Å². The summed E-state index contributed by atoms with van der Waals surface area (Å²) in [5.74, 6) is -0.248. The van der Waals surface area contributed by atoms with Gasteiger partial charge < -0.3 is 9.47 Å². The summed E-state index contributed by atoms with van der Waals surface area (Å²) < 4.78 is 10.3. The molecule has 0 aromatic heterocycles. The van der Waals surface area contributed by atoms with Gasteiger partial charge in [-0.3, -0.25) is 9.69 Å². The van der Waals surface area contributed by atoms with Crippen LogP contribution in [0.1, 0.15) is 35.7 Å². The molecule has 0 atom stereocenters. The second-order valence-electron chi connectivity index (χ2n) is 5.81. The van der Waals surface area contributed by atoms with E-state index in [9.17, 15) is 9.59 Å². The molecule has 0 unspecified atom stereocenters. The number of esters is 2. The first-order valence-electron chi connectivity index (χ1n) is 8.17. The minimum Gasteiger partial charge on any atom is -0.465 e. The number of hydrogen-bond donors (Lipinski definition) is 0. The molecule has 0 radical (unpaired) electrons. The van der Waals surface area contributed by atoms with E-state index < -0.39 is 0 Å². The zero-order valence-corrected chi connectivity index (χ0v) is 13.9. The van der Waals surface area contributed by atoms with Gasteiger partial charge in [-0.15, -0.1) is 0 Å². The average Bonchev–Trinajstić information content (AvgIpc) is 2.61. The summed E-state index contributed by atoms with van der Waals surface area (Å²) in [5.41, 5.74) is 0.967. The van der Waals surface area contributed by atoms with Crippen molar-refractivity contribution in [1.82, 2.24) is 4.90 Å². The lowest BCUT2D eigenvalue weighted by Gasteiger charge is -2.30. The Labute approximate surface area is 142 Å². The molecule has 1 aromatic rings. The second-order valence-corrected chi connectivity index (χ2v) is 5.81. The Bertz CT molecular complexity index is 598. The van der Waals surface area contributed by atoms with Crippen LogP contribution in [0.3, 0.4) is 0 Å². The minimum absolute atomic E-state index is 0.191. The summed E-state index contributed by atoms with van der Waals surface area (Å²) >= 11 is 0. The van der Waals surface area contributed by atoms with E-state index in [1.807, 2.05) is 6.07 Å². The molecule has 128 valence electrons. The topological polar surface area (TPSA) is 79.6 Å². The normalized spacial score (nSPS) is 15.5. The molecule has 6 heteroatoms. The summed E-state index contributed by atoms with van der Waals surface area (Å²) in [6, 6.07) is 8.42. The standard InChI is InChI=1S/C18H22N2O4/c1-2-23-17(21)12-20-9-7-15(8-10-20)13-24-18(22)16-5-3-14(11-19)4-6-16/h3-6,15H,2,7-10,12-13H2,1H3. The number of likely N-dealkylation sites (tertiary alicyclic amines) is 1. The van der Waals surface area contributed by atoms with Crippen molar-refractivity contribution in [2.45, 2.75) is 19.8 Å². The Kier molecular flexibility index (Phi) is 6.76. The van der Waals surface area contributed by atoms with E-state index in [2.05, 4.69) is 4.90 Å². The number of carbonyl (C=O) groups excluding carboxylic acids is 2. The van der Waals surface area contributed by atoms with Crippen LogP contribution in [0.5, 0.6) is 0 Å². The van der Waals surface area contributed by atoms with Crippen LogP contribution in [0.15, 0.2) is 24.3 Å². The van der Waals surface area contributed by atoms with Gasteiger partial charge in [0.2, 0.25) is 0 Å². The van der Waals surface area contributed by atoms with Gasteiger partial charge in [0, 0.05) is 0 Å². The largest absolute Gasteiger partial charge is 0.465 e. The second kappa shape index (κ2) is 9.04. The van der Waals surface area contributed by atoms with E-state index in [-0.39, 0.29) is 11.9 Å². The predicted molar refractivity (Wildman–Crippen MR) is 87.2 cm³/mol.